The number of nitrogens with zero attached hydrogens (tertiary/aromatic N) is 3. The van der Waals surface area contributed by atoms with E-state index in [4.69, 9.17) is 5.73 Å². The minimum atomic E-state index is -0.419. The van der Waals surface area contributed by atoms with Crippen LogP contribution in [0.25, 0.3) is 0 Å². The van der Waals surface area contributed by atoms with Crippen LogP contribution in [-0.4, -0.2) is 47.9 Å². The van der Waals surface area contributed by atoms with E-state index < -0.39 is 4.92 Å². The third-order valence-corrected chi connectivity index (χ3v) is 3.91. The van der Waals surface area contributed by atoms with E-state index in [1.165, 1.54) is 12.8 Å². The van der Waals surface area contributed by atoms with Crippen molar-refractivity contribution in [2.45, 2.75) is 25.4 Å². The summed E-state index contributed by atoms with van der Waals surface area (Å²) >= 11 is 0. The van der Waals surface area contributed by atoms with Gasteiger partial charge in [-0.25, -0.2) is 0 Å². The van der Waals surface area contributed by atoms with Gasteiger partial charge in [0, 0.05) is 25.2 Å². The van der Waals surface area contributed by atoms with Crippen LogP contribution < -0.4 is 5.73 Å². The first-order valence-electron chi connectivity index (χ1n) is 6.89. The van der Waals surface area contributed by atoms with Crippen LogP contribution in [0, 0.1) is 10.1 Å². The highest BCUT2D eigenvalue weighted by molar-refractivity contribution is 5.59. The number of likely N-dealkylation sites (N-methyl/N-ethyl adjacent to an activating group) is 1. The molecule has 1 aromatic rings. The van der Waals surface area contributed by atoms with Crippen molar-refractivity contribution < 1.29 is 4.92 Å². The molecule has 20 heavy (non-hydrogen) atoms. The molecule has 0 bridgehead atoms. The van der Waals surface area contributed by atoms with E-state index in [0.29, 0.717) is 6.04 Å². The molecule has 0 amide bonds. The Hall–Kier alpha value is -1.66. The minimum absolute atomic E-state index is 0.00340. The number of benzene rings is 1. The topological polar surface area (TPSA) is 75.6 Å². The van der Waals surface area contributed by atoms with Crippen molar-refractivity contribution >= 4 is 11.4 Å². The molecule has 110 valence electrons. The number of hydrogen-bond donors (Lipinski definition) is 1. The largest absolute Gasteiger partial charge is 0.393 e. The maximum absolute atomic E-state index is 10.9. The fourth-order valence-electron chi connectivity index (χ4n) is 2.70. The lowest BCUT2D eigenvalue weighted by atomic mass is 10.0. The fraction of sp³-hybridized carbons (Fsp3) is 0.571. The average Bonchev–Trinajstić information content (AvgIpc) is 2.41. The zero-order valence-electron chi connectivity index (χ0n) is 12.1. The molecule has 6 nitrogen and oxygen atoms in total. The van der Waals surface area contributed by atoms with Crippen molar-refractivity contribution in [3.05, 3.63) is 33.9 Å². The van der Waals surface area contributed by atoms with Crippen LogP contribution in [0.15, 0.2) is 18.2 Å². The lowest BCUT2D eigenvalue weighted by molar-refractivity contribution is -0.384. The van der Waals surface area contributed by atoms with Gasteiger partial charge >= 0.3 is 0 Å². The Morgan fingerprint density at radius 2 is 2.25 bits per heavy atom. The van der Waals surface area contributed by atoms with Crippen molar-refractivity contribution in [3.8, 4) is 0 Å². The highest BCUT2D eigenvalue weighted by Gasteiger charge is 2.22. The van der Waals surface area contributed by atoms with Crippen LogP contribution >= 0.6 is 0 Å². The zero-order chi connectivity index (χ0) is 14.7. The summed E-state index contributed by atoms with van der Waals surface area (Å²) in [6.07, 6.45) is 2.38. The van der Waals surface area contributed by atoms with Gasteiger partial charge in [-0.05, 0) is 45.1 Å². The van der Waals surface area contributed by atoms with Crippen molar-refractivity contribution in [1.29, 1.82) is 0 Å². The lowest BCUT2D eigenvalue weighted by Crippen LogP contribution is -2.44. The molecular formula is C14H22N4O2. The van der Waals surface area contributed by atoms with Gasteiger partial charge in [0.25, 0.3) is 5.69 Å². The summed E-state index contributed by atoms with van der Waals surface area (Å²) < 4.78 is 0. The molecule has 0 spiro atoms. The average molecular weight is 278 g/mol. The summed E-state index contributed by atoms with van der Waals surface area (Å²) in [5.74, 6) is 0. The van der Waals surface area contributed by atoms with E-state index in [0.717, 1.165) is 25.2 Å². The number of likely N-dealkylation sites (tertiary alicyclic amines) is 1. The maximum Gasteiger partial charge on any atom is 0.292 e. The Balaban J connectivity index is 2.06. The Kier molecular flexibility index (Phi) is 4.57. The standard InChI is InChI=1S/C14H22N4O2/c1-16(2)12-4-3-7-17(10-12)9-11-5-6-13(15)14(8-11)18(19)20/h5-6,8,12H,3-4,7,9-10,15H2,1-2H3. The molecule has 1 aromatic carbocycles. The Morgan fingerprint density at radius 1 is 1.50 bits per heavy atom. The van der Waals surface area contributed by atoms with Crippen molar-refractivity contribution in [3.63, 3.8) is 0 Å². The molecule has 1 aliphatic heterocycles. The number of anilines is 1. The van der Waals surface area contributed by atoms with E-state index in [9.17, 15) is 10.1 Å². The predicted octanol–water partition coefficient (Wildman–Crippen LogP) is 1.70. The van der Waals surface area contributed by atoms with Crippen LogP contribution in [0.2, 0.25) is 0 Å². The SMILES string of the molecule is CN(C)C1CCCN(Cc2ccc(N)c([N+](=O)[O-])c2)C1. The normalized spacial score (nSPS) is 20.2. The third-order valence-electron chi connectivity index (χ3n) is 3.91. The number of rotatable bonds is 4. The molecule has 0 aromatic heterocycles. The van der Waals surface area contributed by atoms with E-state index >= 15 is 0 Å². The molecule has 2 N–H and O–H groups in total. The molecular weight excluding hydrogens is 256 g/mol. The highest BCUT2D eigenvalue weighted by atomic mass is 16.6. The van der Waals surface area contributed by atoms with Crippen molar-refractivity contribution in [2.24, 2.45) is 0 Å². The van der Waals surface area contributed by atoms with E-state index in [-0.39, 0.29) is 11.4 Å². The van der Waals surface area contributed by atoms with Gasteiger partial charge in [0.2, 0.25) is 0 Å². The lowest BCUT2D eigenvalue weighted by Gasteiger charge is -2.36. The van der Waals surface area contributed by atoms with Gasteiger partial charge < -0.3 is 10.6 Å². The molecule has 1 saturated heterocycles. The first-order chi connectivity index (χ1) is 9.47. The quantitative estimate of drug-likeness (QED) is 0.515. The van der Waals surface area contributed by atoms with Crippen molar-refractivity contribution in [2.75, 3.05) is 32.9 Å². The molecule has 1 aliphatic rings. The van der Waals surface area contributed by atoms with Crippen LogP contribution in [0.3, 0.4) is 0 Å². The second-order valence-corrected chi connectivity index (χ2v) is 5.65. The monoisotopic (exact) mass is 278 g/mol. The summed E-state index contributed by atoms with van der Waals surface area (Å²) in [6.45, 7) is 2.79. The molecule has 1 fully saturated rings. The summed E-state index contributed by atoms with van der Waals surface area (Å²) in [4.78, 5) is 15.1. The zero-order valence-corrected chi connectivity index (χ0v) is 12.1. The first-order valence-corrected chi connectivity index (χ1v) is 6.89. The first kappa shape index (κ1) is 14.7. The summed E-state index contributed by atoms with van der Waals surface area (Å²) in [7, 11) is 4.20. The Bertz CT molecular complexity index is 490. The Morgan fingerprint density at radius 3 is 2.90 bits per heavy atom. The van der Waals surface area contributed by atoms with E-state index in [2.05, 4.69) is 23.9 Å². The van der Waals surface area contributed by atoms with Gasteiger partial charge in [-0.3, -0.25) is 15.0 Å². The molecule has 1 unspecified atom stereocenters. The molecule has 0 aliphatic carbocycles. The number of nitro benzene ring substituents is 1. The predicted molar refractivity (Wildman–Crippen MR) is 79.5 cm³/mol. The maximum atomic E-state index is 10.9. The molecule has 1 heterocycles. The summed E-state index contributed by atoms with van der Waals surface area (Å²) in [5, 5.41) is 10.9. The second kappa shape index (κ2) is 6.19. The van der Waals surface area contributed by atoms with Gasteiger partial charge in [0.05, 0.1) is 4.92 Å². The smallest absolute Gasteiger partial charge is 0.292 e. The van der Waals surface area contributed by atoms with Gasteiger partial charge in [0.15, 0.2) is 0 Å². The number of nitro groups is 1. The number of piperidine rings is 1. The van der Waals surface area contributed by atoms with Gasteiger partial charge in [-0.15, -0.1) is 0 Å². The number of nitrogen functional groups attached to an aromatic ring is 1. The second-order valence-electron chi connectivity index (χ2n) is 5.65. The molecule has 0 radical (unpaired) electrons. The summed E-state index contributed by atoms with van der Waals surface area (Å²) in [5.41, 5.74) is 6.80. The molecule has 6 heteroatoms. The van der Waals surface area contributed by atoms with Gasteiger partial charge in [-0.1, -0.05) is 6.07 Å². The van der Waals surface area contributed by atoms with Crippen molar-refractivity contribution in [1.82, 2.24) is 9.80 Å². The van der Waals surface area contributed by atoms with Crippen LogP contribution in [0.1, 0.15) is 18.4 Å². The van der Waals surface area contributed by atoms with Crippen LogP contribution in [-0.2, 0) is 6.54 Å². The van der Waals surface area contributed by atoms with Gasteiger partial charge in [-0.2, -0.15) is 0 Å². The third kappa shape index (κ3) is 3.46. The minimum Gasteiger partial charge on any atom is -0.393 e. The van der Waals surface area contributed by atoms with Crippen LogP contribution in [0.4, 0.5) is 11.4 Å². The van der Waals surface area contributed by atoms with Gasteiger partial charge in [0.1, 0.15) is 5.69 Å². The Labute approximate surface area is 119 Å². The molecule has 2 rings (SSSR count). The molecule has 1 atom stereocenters. The van der Waals surface area contributed by atoms with E-state index in [1.807, 2.05) is 6.07 Å². The van der Waals surface area contributed by atoms with E-state index in [1.54, 1.807) is 12.1 Å². The number of nitrogens with two attached hydrogens (primary N) is 1. The highest BCUT2D eigenvalue weighted by Crippen LogP contribution is 2.24. The summed E-state index contributed by atoms with van der Waals surface area (Å²) in [6, 6.07) is 5.66. The molecule has 0 saturated carbocycles. The van der Waals surface area contributed by atoms with Crippen LogP contribution in [0.5, 0.6) is 0 Å². The fourth-order valence-corrected chi connectivity index (χ4v) is 2.70. The number of hydrogen-bond acceptors (Lipinski definition) is 5.